The van der Waals surface area contributed by atoms with E-state index in [1.807, 2.05) is 18.2 Å². The molecule has 0 radical (unpaired) electrons. The molecule has 1 aromatic carbocycles. The van der Waals surface area contributed by atoms with E-state index in [4.69, 9.17) is 4.74 Å². The van der Waals surface area contributed by atoms with E-state index in [0.29, 0.717) is 11.4 Å². The SMILES string of the molecule is Cn1cc(S(=O)(=O)Nc2nc(Oc3ccccc3)cc(C3=CCCC3)n2)cn1. The van der Waals surface area contributed by atoms with E-state index in [2.05, 4.69) is 25.9 Å². The van der Waals surface area contributed by atoms with Crippen LogP contribution < -0.4 is 9.46 Å². The second-order valence-electron chi connectivity index (χ2n) is 6.41. The number of nitrogens with zero attached hydrogens (tertiary/aromatic N) is 4. The Morgan fingerprint density at radius 2 is 2.00 bits per heavy atom. The van der Waals surface area contributed by atoms with Crippen molar-refractivity contribution in [2.24, 2.45) is 7.05 Å². The standard InChI is InChI=1S/C19H19N5O3S/c1-24-13-16(12-20-24)28(25,26)23-19-21-17(14-7-5-6-8-14)11-18(22-19)27-15-9-3-2-4-10-15/h2-4,7,9-13H,5-6,8H2,1H3,(H,21,22,23). The van der Waals surface area contributed by atoms with Gasteiger partial charge in [-0.25, -0.2) is 18.1 Å². The Bertz CT molecular complexity index is 1120. The predicted molar refractivity (Wildman–Crippen MR) is 104 cm³/mol. The van der Waals surface area contributed by atoms with Crippen LogP contribution in [0.1, 0.15) is 25.0 Å². The number of benzene rings is 1. The first-order valence-electron chi connectivity index (χ1n) is 8.82. The zero-order valence-corrected chi connectivity index (χ0v) is 16.1. The van der Waals surface area contributed by atoms with E-state index in [1.165, 1.54) is 17.1 Å². The molecular formula is C19H19N5O3S. The van der Waals surface area contributed by atoms with E-state index < -0.39 is 10.0 Å². The molecule has 1 aliphatic carbocycles. The van der Waals surface area contributed by atoms with Gasteiger partial charge in [-0.05, 0) is 37.0 Å². The average Bonchev–Trinajstić information content (AvgIpc) is 3.34. The molecule has 144 valence electrons. The molecule has 0 bridgehead atoms. The minimum Gasteiger partial charge on any atom is -0.439 e. The molecule has 1 N–H and O–H groups in total. The molecule has 0 saturated carbocycles. The van der Waals surface area contributed by atoms with Crippen LogP contribution in [0.4, 0.5) is 5.95 Å². The average molecular weight is 397 g/mol. The van der Waals surface area contributed by atoms with Gasteiger partial charge in [0.25, 0.3) is 10.0 Å². The molecule has 2 aromatic heterocycles. The zero-order chi connectivity index (χ0) is 19.6. The number of allylic oxidation sites excluding steroid dienone is 2. The molecule has 8 nitrogen and oxygen atoms in total. The highest BCUT2D eigenvalue weighted by Crippen LogP contribution is 2.30. The normalized spacial score (nSPS) is 14.0. The molecule has 0 atom stereocenters. The van der Waals surface area contributed by atoms with E-state index in [-0.39, 0.29) is 16.7 Å². The topological polar surface area (TPSA) is 99.0 Å². The Hall–Kier alpha value is -3.20. The van der Waals surface area contributed by atoms with Crippen LogP contribution in [0.15, 0.2) is 59.8 Å². The fourth-order valence-electron chi connectivity index (χ4n) is 2.92. The van der Waals surface area contributed by atoms with E-state index in [0.717, 1.165) is 24.8 Å². The smallest absolute Gasteiger partial charge is 0.267 e. The number of aryl methyl sites for hydroxylation is 1. The maximum atomic E-state index is 12.6. The van der Waals surface area contributed by atoms with Gasteiger partial charge in [0.1, 0.15) is 10.6 Å². The fourth-order valence-corrected chi connectivity index (χ4v) is 3.84. The quantitative estimate of drug-likeness (QED) is 0.685. The van der Waals surface area contributed by atoms with Crippen molar-refractivity contribution in [1.29, 1.82) is 0 Å². The number of anilines is 1. The van der Waals surface area contributed by atoms with Crippen molar-refractivity contribution < 1.29 is 13.2 Å². The fraction of sp³-hybridized carbons (Fsp3) is 0.211. The van der Waals surface area contributed by atoms with Crippen LogP contribution in [0.2, 0.25) is 0 Å². The maximum absolute atomic E-state index is 12.6. The number of ether oxygens (including phenoxy) is 1. The summed E-state index contributed by atoms with van der Waals surface area (Å²) in [6.07, 6.45) is 7.70. The Morgan fingerprint density at radius 1 is 1.18 bits per heavy atom. The predicted octanol–water partition coefficient (Wildman–Crippen LogP) is 3.37. The van der Waals surface area contributed by atoms with Crippen LogP contribution in [0.5, 0.6) is 11.6 Å². The Morgan fingerprint density at radius 3 is 2.68 bits per heavy atom. The second-order valence-corrected chi connectivity index (χ2v) is 8.09. The van der Waals surface area contributed by atoms with Crippen LogP contribution in [0.3, 0.4) is 0 Å². The van der Waals surface area contributed by atoms with Crippen molar-refractivity contribution in [1.82, 2.24) is 19.7 Å². The first-order valence-corrected chi connectivity index (χ1v) is 10.3. The minimum absolute atomic E-state index is 0.0367. The molecule has 0 spiro atoms. The molecule has 0 unspecified atom stereocenters. The Balaban J connectivity index is 1.69. The lowest BCUT2D eigenvalue weighted by Crippen LogP contribution is -2.15. The lowest BCUT2D eigenvalue weighted by Gasteiger charge is -2.11. The molecule has 0 fully saturated rings. The number of sulfonamides is 1. The van der Waals surface area contributed by atoms with Gasteiger partial charge < -0.3 is 4.74 Å². The number of nitrogens with one attached hydrogen (secondary N) is 1. The lowest BCUT2D eigenvalue weighted by molar-refractivity contribution is 0.462. The largest absolute Gasteiger partial charge is 0.439 e. The number of aromatic nitrogens is 4. The van der Waals surface area contributed by atoms with Gasteiger partial charge >= 0.3 is 0 Å². The number of hydrogen-bond acceptors (Lipinski definition) is 6. The molecule has 1 aliphatic rings. The van der Waals surface area contributed by atoms with E-state index in [9.17, 15) is 8.42 Å². The Labute approximate surface area is 163 Å². The highest BCUT2D eigenvalue weighted by Gasteiger charge is 2.20. The molecule has 3 aromatic rings. The third-order valence-corrected chi connectivity index (χ3v) is 5.54. The van der Waals surface area contributed by atoms with Crippen molar-refractivity contribution in [3.8, 4) is 11.6 Å². The van der Waals surface area contributed by atoms with Gasteiger partial charge in [0.2, 0.25) is 11.8 Å². The van der Waals surface area contributed by atoms with Crippen LogP contribution in [-0.2, 0) is 17.1 Å². The summed E-state index contributed by atoms with van der Waals surface area (Å²) in [4.78, 5) is 8.67. The van der Waals surface area contributed by atoms with Crippen LogP contribution in [-0.4, -0.2) is 28.2 Å². The highest BCUT2D eigenvalue weighted by molar-refractivity contribution is 7.92. The first kappa shape index (κ1) is 18.2. The van der Waals surface area contributed by atoms with Crippen molar-refractivity contribution in [2.75, 3.05) is 4.72 Å². The minimum atomic E-state index is -3.86. The lowest BCUT2D eigenvalue weighted by atomic mass is 10.1. The van der Waals surface area contributed by atoms with Gasteiger partial charge in [0, 0.05) is 19.3 Å². The molecule has 0 saturated heterocycles. The van der Waals surface area contributed by atoms with Crippen LogP contribution in [0, 0.1) is 0 Å². The van der Waals surface area contributed by atoms with Gasteiger partial charge in [0.15, 0.2) is 0 Å². The summed E-state index contributed by atoms with van der Waals surface area (Å²) in [5, 5.41) is 3.90. The van der Waals surface area contributed by atoms with Crippen LogP contribution in [0.25, 0.3) is 5.57 Å². The third kappa shape index (κ3) is 4.04. The number of hydrogen-bond donors (Lipinski definition) is 1. The van der Waals surface area contributed by atoms with E-state index in [1.54, 1.807) is 25.2 Å². The number of rotatable bonds is 6. The molecule has 0 aliphatic heterocycles. The molecule has 0 amide bonds. The van der Waals surface area contributed by atoms with E-state index >= 15 is 0 Å². The van der Waals surface area contributed by atoms with Crippen LogP contribution >= 0.6 is 0 Å². The molecule has 28 heavy (non-hydrogen) atoms. The summed E-state index contributed by atoms with van der Waals surface area (Å²) in [5.74, 6) is 0.835. The molecular weight excluding hydrogens is 378 g/mol. The van der Waals surface area contributed by atoms with Crippen molar-refractivity contribution >= 4 is 21.5 Å². The van der Waals surface area contributed by atoms with Crippen molar-refractivity contribution in [3.63, 3.8) is 0 Å². The van der Waals surface area contributed by atoms with Crippen molar-refractivity contribution in [3.05, 3.63) is 60.6 Å². The molecule has 4 rings (SSSR count). The summed E-state index contributed by atoms with van der Waals surface area (Å²) in [6.45, 7) is 0. The van der Waals surface area contributed by atoms with Crippen molar-refractivity contribution in [2.45, 2.75) is 24.2 Å². The molecule has 9 heteroatoms. The monoisotopic (exact) mass is 397 g/mol. The zero-order valence-electron chi connectivity index (χ0n) is 15.2. The van der Waals surface area contributed by atoms with Gasteiger partial charge in [-0.15, -0.1) is 0 Å². The first-order chi connectivity index (χ1) is 13.5. The molecule has 2 heterocycles. The number of para-hydroxylation sites is 1. The maximum Gasteiger partial charge on any atom is 0.267 e. The summed E-state index contributed by atoms with van der Waals surface area (Å²) in [6, 6.07) is 10.9. The summed E-state index contributed by atoms with van der Waals surface area (Å²) in [5.41, 5.74) is 1.71. The summed E-state index contributed by atoms with van der Waals surface area (Å²) < 4.78 is 34.9. The third-order valence-electron chi connectivity index (χ3n) is 4.26. The van der Waals surface area contributed by atoms with Gasteiger partial charge in [-0.1, -0.05) is 24.3 Å². The second kappa shape index (κ2) is 7.43. The Kier molecular flexibility index (Phi) is 4.82. The van der Waals surface area contributed by atoms with Gasteiger partial charge in [0.05, 0.1) is 11.9 Å². The summed E-state index contributed by atoms with van der Waals surface area (Å²) in [7, 11) is -2.21. The highest BCUT2D eigenvalue weighted by atomic mass is 32.2. The van der Waals surface area contributed by atoms with Gasteiger partial charge in [-0.3, -0.25) is 4.68 Å². The van der Waals surface area contributed by atoms with Gasteiger partial charge in [-0.2, -0.15) is 10.1 Å². The summed E-state index contributed by atoms with van der Waals surface area (Å²) >= 11 is 0.